The molecule has 3 heteroatoms. The molecule has 0 saturated carbocycles. The number of hydrogen-bond donors (Lipinski definition) is 1. The summed E-state index contributed by atoms with van der Waals surface area (Å²) >= 11 is 3.33. The highest BCUT2D eigenvalue weighted by Gasteiger charge is 2.11. The molecule has 0 aliphatic carbocycles. The van der Waals surface area contributed by atoms with E-state index in [4.69, 9.17) is 0 Å². The van der Waals surface area contributed by atoms with E-state index in [9.17, 15) is 4.39 Å². The van der Waals surface area contributed by atoms with E-state index in [1.165, 1.54) is 6.07 Å². The fraction of sp³-hybridized carbons (Fsp3) is 0.571. The van der Waals surface area contributed by atoms with Gasteiger partial charge in [0.05, 0.1) is 0 Å². The lowest BCUT2D eigenvalue weighted by Gasteiger charge is -2.20. The molecule has 0 radical (unpaired) electrons. The summed E-state index contributed by atoms with van der Waals surface area (Å²) in [6.07, 6.45) is 1.99. The van der Waals surface area contributed by atoms with Crippen molar-refractivity contribution in [3.8, 4) is 0 Å². The van der Waals surface area contributed by atoms with Crippen molar-refractivity contribution in [1.29, 1.82) is 0 Å². The molecule has 1 unspecified atom stereocenters. The molecule has 0 heterocycles. The number of likely N-dealkylation sites (N-methyl/N-ethyl adjacent to an activating group) is 1. The second-order valence-electron chi connectivity index (χ2n) is 4.87. The lowest BCUT2D eigenvalue weighted by atomic mass is 9.97. The Morgan fingerprint density at radius 3 is 2.53 bits per heavy atom. The van der Waals surface area contributed by atoms with Crippen molar-refractivity contribution in [1.82, 2.24) is 5.32 Å². The molecular weight excluding hydrogens is 281 g/mol. The van der Waals surface area contributed by atoms with E-state index >= 15 is 0 Å². The zero-order valence-corrected chi connectivity index (χ0v) is 12.3. The third-order valence-electron chi connectivity index (χ3n) is 2.65. The molecule has 1 nitrogen and oxygen atoms in total. The lowest BCUT2D eigenvalue weighted by molar-refractivity contribution is 0.423. The minimum atomic E-state index is -0.172. The van der Waals surface area contributed by atoms with Gasteiger partial charge in [0.1, 0.15) is 5.82 Å². The van der Waals surface area contributed by atoms with Gasteiger partial charge in [0, 0.05) is 10.5 Å². The molecule has 1 N–H and O–H groups in total. The molecule has 0 fully saturated rings. The maximum atomic E-state index is 13.3. The van der Waals surface area contributed by atoms with Crippen molar-refractivity contribution in [2.45, 2.75) is 39.7 Å². The summed E-state index contributed by atoms with van der Waals surface area (Å²) < 4.78 is 14.1. The molecule has 0 amide bonds. The van der Waals surface area contributed by atoms with Gasteiger partial charge < -0.3 is 5.32 Å². The van der Waals surface area contributed by atoms with Crippen molar-refractivity contribution in [2.24, 2.45) is 5.92 Å². The highest BCUT2D eigenvalue weighted by atomic mass is 79.9. The molecule has 0 aliphatic heterocycles. The smallest absolute Gasteiger partial charge is 0.124 e. The molecule has 0 aliphatic rings. The Kier molecular flexibility index (Phi) is 6.14. The highest BCUT2D eigenvalue weighted by Crippen LogP contribution is 2.18. The van der Waals surface area contributed by atoms with Crippen LogP contribution in [0.3, 0.4) is 0 Å². The first-order chi connectivity index (χ1) is 8.01. The fourth-order valence-electron chi connectivity index (χ4n) is 2.11. The standard InChI is InChI=1S/C14H21BrFN/c1-4-17-14(5-10(2)3)8-11-6-12(15)9-13(16)7-11/h6-7,9-10,14,17H,4-5,8H2,1-3H3. The lowest BCUT2D eigenvalue weighted by Crippen LogP contribution is -2.32. The second kappa shape index (κ2) is 7.12. The van der Waals surface area contributed by atoms with Gasteiger partial charge in [0.25, 0.3) is 0 Å². The zero-order valence-electron chi connectivity index (χ0n) is 10.8. The molecule has 1 aromatic carbocycles. The van der Waals surface area contributed by atoms with E-state index in [2.05, 4.69) is 42.0 Å². The van der Waals surface area contributed by atoms with E-state index in [1.54, 1.807) is 6.07 Å². The van der Waals surface area contributed by atoms with Crippen molar-refractivity contribution in [2.75, 3.05) is 6.54 Å². The van der Waals surface area contributed by atoms with Crippen LogP contribution in [-0.4, -0.2) is 12.6 Å². The van der Waals surface area contributed by atoms with Crippen molar-refractivity contribution < 1.29 is 4.39 Å². The topological polar surface area (TPSA) is 12.0 Å². The maximum absolute atomic E-state index is 13.3. The monoisotopic (exact) mass is 301 g/mol. The maximum Gasteiger partial charge on any atom is 0.124 e. The van der Waals surface area contributed by atoms with Gasteiger partial charge in [0.2, 0.25) is 0 Å². The summed E-state index contributed by atoms with van der Waals surface area (Å²) in [7, 11) is 0. The van der Waals surface area contributed by atoms with Crippen LogP contribution in [-0.2, 0) is 6.42 Å². The number of benzene rings is 1. The third kappa shape index (κ3) is 5.64. The zero-order chi connectivity index (χ0) is 12.8. The summed E-state index contributed by atoms with van der Waals surface area (Å²) in [4.78, 5) is 0. The Morgan fingerprint density at radius 1 is 1.29 bits per heavy atom. The molecule has 17 heavy (non-hydrogen) atoms. The van der Waals surface area contributed by atoms with Gasteiger partial charge >= 0.3 is 0 Å². The summed E-state index contributed by atoms with van der Waals surface area (Å²) in [6.45, 7) is 7.49. The van der Waals surface area contributed by atoms with E-state index in [-0.39, 0.29) is 5.82 Å². The van der Waals surface area contributed by atoms with Crippen LogP contribution in [0.5, 0.6) is 0 Å². The van der Waals surface area contributed by atoms with Gasteiger partial charge in [-0.3, -0.25) is 0 Å². The quantitative estimate of drug-likeness (QED) is 0.832. The predicted octanol–water partition coefficient (Wildman–Crippen LogP) is 4.15. The number of rotatable bonds is 6. The molecule has 96 valence electrons. The molecule has 1 atom stereocenters. The van der Waals surface area contributed by atoms with E-state index < -0.39 is 0 Å². The Bertz CT molecular complexity index is 332. The summed E-state index contributed by atoms with van der Waals surface area (Å²) in [5.41, 5.74) is 1.04. The molecule has 1 rings (SSSR count). The average Bonchev–Trinajstić information content (AvgIpc) is 2.14. The van der Waals surface area contributed by atoms with E-state index in [1.807, 2.05) is 6.07 Å². The highest BCUT2D eigenvalue weighted by molar-refractivity contribution is 9.10. The first-order valence-corrected chi connectivity index (χ1v) is 6.99. The largest absolute Gasteiger partial charge is 0.314 e. The molecule has 0 saturated heterocycles. The summed E-state index contributed by atoms with van der Waals surface area (Å²) in [6, 6.07) is 5.53. The Balaban J connectivity index is 2.70. The van der Waals surface area contributed by atoms with Crippen LogP contribution in [0.4, 0.5) is 4.39 Å². The van der Waals surface area contributed by atoms with E-state index in [0.717, 1.165) is 29.4 Å². The van der Waals surface area contributed by atoms with Crippen LogP contribution in [0.2, 0.25) is 0 Å². The van der Waals surface area contributed by atoms with Crippen molar-refractivity contribution >= 4 is 15.9 Å². The second-order valence-corrected chi connectivity index (χ2v) is 5.78. The Hall–Kier alpha value is -0.410. The molecule has 1 aromatic rings. The SMILES string of the molecule is CCNC(Cc1cc(F)cc(Br)c1)CC(C)C. The average molecular weight is 302 g/mol. The van der Waals surface area contributed by atoms with Gasteiger partial charge in [0.15, 0.2) is 0 Å². The number of halogens is 2. The van der Waals surface area contributed by atoms with E-state index in [0.29, 0.717) is 12.0 Å². The third-order valence-corrected chi connectivity index (χ3v) is 3.11. The first kappa shape index (κ1) is 14.7. The van der Waals surface area contributed by atoms with Gasteiger partial charge in [-0.25, -0.2) is 4.39 Å². The van der Waals surface area contributed by atoms with Crippen LogP contribution in [0, 0.1) is 11.7 Å². The minimum absolute atomic E-state index is 0.172. The molecule has 0 spiro atoms. The number of hydrogen-bond acceptors (Lipinski definition) is 1. The fourth-order valence-corrected chi connectivity index (χ4v) is 2.62. The van der Waals surface area contributed by atoms with Gasteiger partial charge in [-0.1, -0.05) is 36.7 Å². The summed E-state index contributed by atoms with van der Waals surface area (Å²) in [5, 5.41) is 3.46. The van der Waals surface area contributed by atoms with Crippen LogP contribution in [0.25, 0.3) is 0 Å². The summed E-state index contributed by atoms with van der Waals surface area (Å²) in [5.74, 6) is 0.477. The Labute approximate surface area is 112 Å². The number of nitrogens with one attached hydrogen (secondary N) is 1. The van der Waals surface area contributed by atoms with Gasteiger partial charge in [-0.15, -0.1) is 0 Å². The first-order valence-electron chi connectivity index (χ1n) is 6.19. The van der Waals surface area contributed by atoms with Crippen molar-refractivity contribution in [3.05, 3.63) is 34.1 Å². The normalized spacial score (nSPS) is 13.1. The van der Waals surface area contributed by atoms with Gasteiger partial charge in [-0.2, -0.15) is 0 Å². The van der Waals surface area contributed by atoms with Crippen LogP contribution in [0.15, 0.2) is 22.7 Å². The Morgan fingerprint density at radius 2 is 2.00 bits per heavy atom. The molecule has 0 bridgehead atoms. The van der Waals surface area contributed by atoms with Gasteiger partial charge in [-0.05, 0) is 49.1 Å². The molecule has 0 aromatic heterocycles. The van der Waals surface area contributed by atoms with Crippen molar-refractivity contribution in [3.63, 3.8) is 0 Å². The van der Waals surface area contributed by atoms with Crippen LogP contribution in [0.1, 0.15) is 32.8 Å². The predicted molar refractivity (Wildman–Crippen MR) is 74.7 cm³/mol. The van der Waals surface area contributed by atoms with Crippen LogP contribution >= 0.6 is 15.9 Å². The van der Waals surface area contributed by atoms with Crippen LogP contribution < -0.4 is 5.32 Å². The minimum Gasteiger partial charge on any atom is -0.314 e. The molecular formula is C14H21BrFN.